The molecule has 2 amide bonds. The van der Waals surface area contributed by atoms with E-state index in [4.69, 9.17) is 21.4 Å². The summed E-state index contributed by atoms with van der Waals surface area (Å²) in [6, 6.07) is 1.67. The van der Waals surface area contributed by atoms with Crippen molar-refractivity contribution in [3.8, 4) is 0 Å². The summed E-state index contributed by atoms with van der Waals surface area (Å²) < 4.78 is 31.7. The quantitative estimate of drug-likeness (QED) is 0.634. The monoisotopic (exact) mass is 446 g/mol. The molecule has 1 aliphatic heterocycles. The Labute approximate surface area is 176 Å². The fourth-order valence-corrected chi connectivity index (χ4v) is 3.28. The van der Waals surface area contributed by atoms with E-state index in [-0.39, 0.29) is 23.6 Å². The highest BCUT2D eigenvalue weighted by Crippen LogP contribution is 2.21. The van der Waals surface area contributed by atoms with Gasteiger partial charge in [0.25, 0.3) is 0 Å². The van der Waals surface area contributed by atoms with Crippen LogP contribution in [0.25, 0.3) is 0 Å². The van der Waals surface area contributed by atoms with Crippen LogP contribution in [-0.2, 0) is 25.7 Å². The Morgan fingerprint density at radius 2 is 2.03 bits per heavy atom. The smallest absolute Gasteiger partial charge is 0.410 e. The highest BCUT2D eigenvalue weighted by molar-refractivity contribution is 6.30. The molecule has 1 unspecified atom stereocenters. The second-order valence-corrected chi connectivity index (χ2v) is 7.14. The lowest BCUT2D eigenvalue weighted by atomic mass is 10.0. The van der Waals surface area contributed by atoms with Gasteiger partial charge in [-0.05, 0) is 25.3 Å². The third-order valence-electron chi connectivity index (χ3n) is 4.64. The number of carbonyl (C=O) groups excluding carboxylic acids is 3. The molecule has 8 nitrogen and oxygen atoms in total. The SMILES string of the molecule is O=C(O)CC(NC(=O)[C@@H]1CCCCN1C(=O)OCc1cccc(Cl)c1F)C(=O)CF. The van der Waals surface area contributed by atoms with Crippen LogP contribution in [0.4, 0.5) is 13.6 Å². The zero-order chi connectivity index (χ0) is 22.3. The molecule has 0 aliphatic carbocycles. The number of amides is 2. The van der Waals surface area contributed by atoms with Gasteiger partial charge in [0.15, 0.2) is 5.78 Å². The zero-order valence-electron chi connectivity index (χ0n) is 15.9. The Bertz CT molecular complexity index is 822. The molecule has 1 aromatic rings. The van der Waals surface area contributed by atoms with Crippen molar-refractivity contribution in [2.75, 3.05) is 13.2 Å². The number of carboxylic acids is 1. The lowest BCUT2D eigenvalue weighted by molar-refractivity contribution is -0.140. The number of hydrogen-bond donors (Lipinski definition) is 2. The molecule has 2 atom stereocenters. The van der Waals surface area contributed by atoms with Gasteiger partial charge in [-0.25, -0.2) is 13.6 Å². The number of aliphatic carboxylic acids is 1. The van der Waals surface area contributed by atoms with Gasteiger partial charge in [-0.3, -0.25) is 19.3 Å². The molecule has 1 fully saturated rings. The van der Waals surface area contributed by atoms with Crippen LogP contribution in [0.5, 0.6) is 0 Å². The number of likely N-dealkylation sites (tertiary alicyclic amines) is 1. The summed E-state index contributed by atoms with van der Waals surface area (Å²) in [5.41, 5.74) is 0.0592. The molecule has 0 radical (unpaired) electrons. The van der Waals surface area contributed by atoms with Gasteiger partial charge in [-0.1, -0.05) is 23.7 Å². The molecule has 0 spiro atoms. The van der Waals surface area contributed by atoms with E-state index in [9.17, 15) is 28.0 Å². The van der Waals surface area contributed by atoms with Gasteiger partial charge in [0.05, 0.1) is 11.4 Å². The number of carboxylic acid groups (broad SMARTS) is 1. The first-order valence-electron chi connectivity index (χ1n) is 9.21. The third-order valence-corrected chi connectivity index (χ3v) is 4.93. The minimum Gasteiger partial charge on any atom is -0.481 e. The molecule has 1 heterocycles. The van der Waals surface area contributed by atoms with Gasteiger partial charge in [0.2, 0.25) is 5.91 Å². The standard InChI is InChI=1S/C19H21ClF2N2O6/c20-12-5-3-4-11(17(12)22)10-30-19(29)24-7-2-1-6-14(24)18(28)23-13(8-16(26)27)15(25)9-21/h3-5,13-14H,1-2,6-10H2,(H,23,28)(H,26,27)/t13?,14-/m0/s1. The van der Waals surface area contributed by atoms with Crippen molar-refractivity contribution < 1.29 is 37.8 Å². The molecule has 0 saturated carbocycles. The van der Waals surface area contributed by atoms with E-state index >= 15 is 0 Å². The summed E-state index contributed by atoms with van der Waals surface area (Å²) in [4.78, 5) is 48.7. The molecule has 1 aliphatic rings. The average molecular weight is 447 g/mol. The highest BCUT2D eigenvalue weighted by atomic mass is 35.5. The largest absolute Gasteiger partial charge is 0.481 e. The number of carbonyl (C=O) groups is 4. The minimum absolute atomic E-state index is 0.0592. The van der Waals surface area contributed by atoms with Crippen molar-refractivity contribution in [3.63, 3.8) is 0 Å². The molecule has 0 aromatic heterocycles. The van der Waals surface area contributed by atoms with E-state index < -0.39 is 61.4 Å². The van der Waals surface area contributed by atoms with Crippen molar-refractivity contribution in [1.82, 2.24) is 10.2 Å². The lowest BCUT2D eigenvalue weighted by Crippen LogP contribution is -2.55. The number of ketones is 1. The second kappa shape index (κ2) is 10.9. The minimum atomic E-state index is -1.54. The molecular formula is C19H21ClF2N2O6. The van der Waals surface area contributed by atoms with Gasteiger partial charge >= 0.3 is 12.1 Å². The second-order valence-electron chi connectivity index (χ2n) is 6.73. The maximum absolute atomic E-state index is 13.9. The molecule has 2 rings (SSSR count). The number of halogens is 3. The normalized spacial score (nSPS) is 17.2. The number of Topliss-reactive ketones (excluding diaryl/α,β-unsaturated/α-hetero) is 1. The lowest BCUT2D eigenvalue weighted by Gasteiger charge is -2.34. The van der Waals surface area contributed by atoms with Gasteiger partial charge < -0.3 is 15.2 Å². The number of alkyl halides is 1. The summed E-state index contributed by atoms with van der Waals surface area (Å²) in [5.74, 6) is -3.97. The molecule has 0 bridgehead atoms. The van der Waals surface area contributed by atoms with Crippen LogP contribution in [0.2, 0.25) is 5.02 Å². The molecule has 11 heteroatoms. The van der Waals surface area contributed by atoms with Crippen molar-refractivity contribution >= 4 is 35.4 Å². The summed E-state index contributed by atoms with van der Waals surface area (Å²) in [5, 5.41) is 10.9. The predicted octanol–water partition coefficient (Wildman–Crippen LogP) is 2.47. The Hall–Kier alpha value is -2.75. The molecule has 1 aromatic carbocycles. The fourth-order valence-electron chi connectivity index (χ4n) is 3.09. The van der Waals surface area contributed by atoms with Crippen molar-refractivity contribution in [1.29, 1.82) is 0 Å². The number of piperidine rings is 1. The van der Waals surface area contributed by atoms with Crippen molar-refractivity contribution in [3.05, 3.63) is 34.6 Å². The van der Waals surface area contributed by atoms with E-state index in [0.717, 1.165) is 4.90 Å². The Morgan fingerprint density at radius 1 is 1.30 bits per heavy atom. The van der Waals surface area contributed by atoms with E-state index in [0.29, 0.717) is 12.8 Å². The van der Waals surface area contributed by atoms with Gasteiger partial charge in [0, 0.05) is 12.1 Å². The van der Waals surface area contributed by atoms with Gasteiger partial charge in [-0.15, -0.1) is 0 Å². The van der Waals surface area contributed by atoms with E-state index in [1.807, 2.05) is 0 Å². The molecular weight excluding hydrogens is 426 g/mol. The highest BCUT2D eigenvalue weighted by Gasteiger charge is 2.35. The van der Waals surface area contributed by atoms with E-state index in [1.165, 1.54) is 18.2 Å². The van der Waals surface area contributed by atoms with Crippen LogP contribution in [0.1, 0.15) is 31.2 Å². The number of nitrogens with one attached hydrogen (secondary N) is 1. The molecule has 164 valence electrons. The van der Waals surface area contributed by atoms with Crippen LogP contribution in [0.3, 0.4) is 0 Å². The fraction of sp³-hybridized carbons (Fsp3) is 0.474. The number of hydrogen-bond acceptors (Lipinski definition) is 5. The van der Waals surface area contributed by atoms with E-state index in [2.05, 4.69) is 5.32 Å². The maximum Gasteiger partial charge on any atom is 0.410 e. The molecule has 1 saturated heterocycles. The van der Waals surface area contributed by atoms with Crippen LogP contribution in [0.15, 0.2) is 18.2 Å². The van der Waals surface area contributed by atoms with Crippen molar-refractivity contribution in [2.45, 2.75) is 44.4 Å². The summed E-state index contributed by atoms with van der Waals surface area (Å²) in [6.45, 7) is -1.66. The maximum atomic E-state index is 13.9. The number of rotatable bonds is 8. The molecule has 30 heavy (non-hydrogen) atoms. The van der Waals surface area contributed by atoms with Gasteiger partial charge in [0.1, 0.15) is 31.2 Å². The first-order valence-corrected chi connectivity index (χ1v) is 9.59. The van der Waals surface area contributed by atoms with Crippen LogP contribution in [0, 0.1) is 5.82 Å². The Morgan fingerprint density at radius 3 is 2.70 bits per heavy atom. The van der Waals surface area contributed by atoms with Crippen molar-refractivity contribution in [2.24, 2.45) is 0 Å². The third kappa shape index (κ3) is 6.12. The number of ether oxygens (including phenoxy) is 1. The van der Waals surface area contributed by atoms with E-state index in [1.54, 1.807) is 0 Å². The van der Waals surface area contributed by atoms with Gasteiger partial charge in [-0.2, -0.15) is 0 Å². The van der Waals surface area contributed by atoms with Crippen LogP contribution >= 0.6 is 11.6 Å². The van der Waals surface area contributed by atoms with Crippen LogP contribution in [-0.4, -0.2) is 59.1 Å². The number of nitrogens with zero attached hydrogens (tertiary/aromatic N) is 1. The topological polar surface area (TPSA) is 113 Å². The Balaban J connectivity index is 2.06. The first-order chi connectivity index (χ1) is 14.2. The summed E-state index contributed by atoms with van der Waals surface area (Å²) in [7, 11) is 0. The predicted molar refractivity (Wildman–Crippen MR) is 101 cm³/mol. The average Bonchev–Trinajstić information content (AvgIpc) is 2.73. The summed E-state index contributed by atoms with van der Waals surface area (Å²) in [6.07, 6.45) is -0.214. The van der Waals surface area contributed by atoms with Crippen LogP contribution < -0.4 is 5.32 Å². The first kappa shape index (κ1) is 23.5. The Kier molecular flexibility index (Phi) is 8.52. The number of benzene rings is 1. The summed E-state index contributed by atoms with van der Waals surface area (Å²) >= 11 is 5.69. The zero-order valence-corrected chi connectivity index (χ0v) is 16.7. The molecule has 2 N–H and O–H groups in total.